The summed E-state index contributed by atoms with van der Waals surface area (Å²) in [6.45, 7) is 6.29. The SMILES string of the molecule is CC(C)(C)Cc1ccc(S(=O)(=O)NF)cc1. The fourth-order valence-corrected chi connectivity index (χ4v) is 2.03. The Bertz CT molecular complexity index is 446. The van der Waals surface area contributed by atoms with E-state index in [1.54, 1.807) is 12.1 Å². The van der Waals surface area contributed by atoms with E-state index in [-0.39, 0.29) is 10.3 Å². The summed E-state index contributed by atoms with van der Waals surface area (Å²) in [7, 11) is -3.98. The topological polar surface area (TPSA) is 46.2 Å². The molecule has 0 radical (unpaired) electrons. The van der Waals surface area contributed by atoms with Crippen LogP contribution in [0.25, 0.3) is 0 Å². The van der Waals surface area contributed by atoms with E-state index in [0.29, 0.717) is 0 Å². The van der Waals surface area contributed by atoms with Crippen LogP contribution in [0, 0.1) is 5.41 Å². The summed E-state index contributed by atoms with van der Waals surface area (Å²) in [4.78, 5) is 0.735. The third kappa shape index (κ3) is 3.57. The van der Waals surface area contributed by atoms with Gasteiger partial charge in [0.1, 0.15) is 0 Å². The van der Waals surface area contributed by atoms with Crippen molar-refractivity contribution < 1.29 is 12.9 Å². The summed E-state index contributed by atoms with van der Waals surface area (Å²) in [5.74, 6) is 0. The predicted molar refractivity (Wildman–Crippen MR) is 61.0 cm³/mol. The summed E-state index contributed by atoms with van der Waals surface area (Å²) in [6.07, 6.45) is 0.844. The number of halogens is 1. The molecule has 1 aromatic rings. The first-order chi connectivity index (χ1) is 7.24. The molecule has 0 aromatic heterocycles. The van der Waals surface area contributed by atoms with Crippen molar-refractivity contribution in [3.63, 3.8) is 0 Å². The molecule has 0 fully saturated rings. The minimum atomic E-state index is -3.98. The first-order valence-corrected chi connectivity index (χ1v) is 6.44. The average molecular weight is 245 g/mol. The molecule has 0 saturated carbocycles. The van der Waals surface area contributed by atoms with Crippen LogP contribution in [0.4, 0.5) is 4.48 Å². The van der Waals surface area contributed by atoms with Gasteiger partial charge in [0.2, 0.25) is 0 Å². The Morgan fingerprint density at radius 1 is 1.19 bits per heavy atom. The Balaban J connectivity index is 2.93. The van der Waals surface area contributed by atoms with Crippen LogP contribution in [0.1, 0.15) is 26.3 Å². The van der Waals surface area contributed by atoms with E-state index in [1.165, 1.54) is 12.1 Å². The predicted octanol–water partition coefficient (Wildman–Crippen LogP) is 2.44. The standard InChI is InChI=1S/C11H16FNO2S/c1-11(2,3)8-9-4-6-10(7-5-9)16(14,15)13-12/h4-7,13H,8H2,1-3H3. The summed E-state index contributed by atoms with van der Waals surface area (Å²) >= 11 is 0. The van der Waals surface area contributed by atoms with Crippen LogP contribution in [0.3, 0.4) is 0 Å². The summed E-state index contributed by atoms with van der Waals surface area (Å²) < 4.78 is 34.2. The van der Waals surface area contributed by atoms with Gasteiger partial charge in [-0.1, -0.05) is 32.9 Å². The van der Waals surface area contributed by atoms with E-state index in [9.17, 15) is 12.9 Å². The molecule has 3 nitrogen and oxygen atoms in total. The van der Waals surface area contributed by atoms with Gasteiger partial charge in [-0.2, -0.15) is 0 Å². The highest BCUT2D eigenvalue weighted by Crippen LogP contribution is 2.21. The zero-order valence-corrected chi connectivity index (χ0v) is 10.4. The number of hydrogen-bond acceptors (Lipinski definition) is 2. The lowest BCUT2D eigenvalue weighted by Crippen LogP contribution is -2.15. The summed E-state index contributed by atoms with van der Waals surface area (Å²) in [6, 6.07) is 6.22. The number of hydrogen-bond donors (Lipinski definition) is 1. The van der Waals surface area contributed by atoms with E-state index in [4.69, 9.17) is 0 Å². The molecular formula is C11H16FNO2S. The second kappa shape index (κ2) is 4.51. The van der Waals surface area contributed by atoms with Crippen LogP contribution >= 0.6 is 0 Å². The van der Waals surface area contributed by atoms with Gasteiger partial charge in [-0.05, 0) is 34.5 Å². The zero-order valence-electron chi connectivity index (χ0n) is 9.62. The first-order valence-electron chi connectivity index (χ1n) is 4.96. The van der Waals surface area contributed by atoms with Gasteiger partial charge in [0, 0.05) is 0 Å². The number of rotatable bonds is 3. The minimum Gasteiger partial charge on any atom is -0.205 e. The van der Waals surface area contributed by atoms with Gasteiger partial charge < -0.3 is 0 Å². The van der Waals surface area contributed by atoms with E-state index >= 15 is 0 Å². The monoisotopic (exact) mass is 245 g/mol. The lowest BCUT2D eigenvalue weighted by molar-refractivity contribution is 0.411. The molecule has 16 heavy (non-hydrogen) atoms. The molecule has 0 aliphatic rings. The Morgan fingerprint density at radius 2 is 1.69 bits per heavy atom. The Kier molecular flexibility index (Phi) is 3.70. The van der Waals surface area contributed by atoms with E-state index < -0.39 is 10.0 Å². The molecule has 0 aliphatic carbocycles. The summed E-state index contributed by atoms with van der Waals surface area (Å²) in [5, 5.41) is 0. The smallest absolute Gasteiger partial charge is 0.205 e. The maximum absolute atomic E-state index is 12.0. The highest BCUT2D eigenvalue weighted by atomic mass is 32.2. The molecule has 0 unspecified atom stereocenters. The van der Waals surface area contributed by atoms with E-state index in [1.807, 2.05) is 0 Å². The van der Waals surface area contributed by atoms with Crippen molar-refractivity contribution in [2.45, 2.75) is 32.1 Å². The molecule has 0 aliphatic heterocycles. The normalized spacial score (nSPS) is 12.8. The Hall–Kier alpha value is -0.940. The molecule has 0 amide bonds. The molecule has 90 valence electrons. The van der Waals surface area contributed by atoms with Crippen molar-refractivity contribution in [2.24, 2.45) is 5.41 Å². The molecule has 1 rings (SSSR count). The fourth-order valence-electron chi connectivity index (χ4n) is 1.44. The van der Waals surface area contributed by atoms with Crippen LogP contribution in [0.15, 0.2) is 29.2 Å². The zero-order chi connectivity index (χ0) is 12.4. The highest BCUT2D eigenvalue weighted by Gasteiger charge is 2.15. The van der Waals surface area contributed by atoms with Gasteiger partial charge in [-0.25, -0.2) is 8.42 Å². The third-order valence-electron chi connectivity index (χ3n) is 2.07. The fraction of sp³-hybridized carbons (Fsp3) is 0.455. The van der Waals surface area contributed by atoms with E-state index in [2.05, 4.69) is 20.8 Å². The molecule has 0 atom stereocenters. The molecular weight excluding hydrogens is 229 g/mol. The van der Waals surface area contributed by atoms with Crippen molar-refractivity contribution in [1.29, 1.82) is 0 Å². The third-order valence-corrected chi connectivity index (χ3v) is 3.17. The number of sulfonamides is 1. The van der Waals surface area contributed by atoms with Crippen LogP contribution in [-0.2, 0) is 16.4 Å². The highest BCUT2D eigenvalue weighted by molar-refractivity contribution is 7.89. The van der Waals surface area contributed by atoms with Gasteiger partial charge in [0.15, 0.2) is 0 Å². The molecule has 0 spiro atoms. The van der Waals surface area contributed by atoms with Gasteiger partial charge >= 0.3 is 0 Å². The molecule has 5 heteroatoms. The van der Waals surface area contributed by atoms with Gasteiger partial charge in [-0.15, -0.1) is 4.48 Å². The average Bonchev–Trinajstić information content (AvgIpc) is 2.16. The number of benzene rings is 1. The molecule has 1 aromatic carbocycles. The molecule has 0 heterocycles. The van der Waals surface area contributed by atoms with Crippen molar-refractivity contribution in [3.05, 3.63) is 29.8 Å². The largest absolute Gasteiger partial charge is 0.266 e. The van der Waals surface area contributed by atoms with Crippen LogP contribution in [-0.4, -0.2) is 8.42 Å². The number of nitrogens with one attached hydrogen (secondary N) is 1. The van der Waals surface area contributed by atoms with Crippen LogP contribution < -0.4 is 4.94 Å². The van der Waals surface area contributed by atoms with Crippen molar-refractivity contribution in [1.82, 2.24) is 4.94 Å². The quantitative estimate of drug-likeness (QED) is 0.831. The molecule has 0 bridgehead atoms. The van der Waals surface area contributed by atoms with Gasteiger partial charge in [0.05, 0.1) is 4.90 Å². The lowest BCUT2D eigenvalue weighted by atomic mass is 9.88. The van der Waals surface area contributed by atoms with Crippen molar-refractivity contribution in [2.75, 3.05) is 0 Å². The molecule has 1 N–H and O–H groups in total. The van der Waals surface area contributed by atoms with Gasteiger partial charge in [-0.3, -0.25) is 0 Å². The maximum atomic E-state index is 12.0. The van der Waals surface area contributed by atoms with Crippen molar-refractivity contribution >= 4 is 10.0 Å². The lowest BCUT2D eigenvalue weighted by Gasteiger charge is -2.18. The van der Waals surface area contributed by atoms with Gasteiger partial charge in [0.25, 0.3) is 10.0 Å². The minimum absolute atomic E-state index is 0.0624. The second-order valence-electron chi connectivity index (χ2n) is 4.96. The Morgan fingerprint density at radius 3 is 2.06 bits per heavy atom. The van der Waals surface area contributed by atoms with E-state index in [0.717, 1.165) is 16.9 Å². The first kappa shape index (κ1) is 13.1. The van der Waals surface area contributed by atoms with Crippen LogP contribution in [0.5, 0.6) is 0 Å². The van der Waals surface area contributed by atoms with Crippen molar-refractivity contribution in [3.8, 4) is 0 Å². The Labute approximate surface area is 95.7 Å². The maximum Gasteiger partial charge on any atom is 0.266 e. The van der Waals surface area contributed by atoms with Crippen LogP contribution in [0.2, 0.25) is 0 Å². The molecule has 0 saturated heterocycles. The summed E-state index contributed by atoms with van der Waals surface area (Å²) in [5.41, 5.74) is 1.17. The second-order valence-corrected chi connectivity index (χ2v) is 6.59.